The Hall–Kier alpha value is -5.19. The van der Waals surface area contributed by atoms with E-state index >= 15 is 0 Å². The molecule has 264 valence electrons. The summed E-state index contributed by atoms with van der Waals surface area (Å²) in [5, 5.41) is 23.5. The van der Waals surface area contributed by atoms with Crippen molar-refractivity contribution < 1.29 is 38.8 Å². The lowest BCUT2D eigenvalue weighted by Gasteiger charge is -2.27. The van der Waals surface area contributed by atoms with Gasteiger partial charge >= 0.3 is 11.9 Å². The average molecular weight is 683 g/mol. The second-order valence-corrected chi connectivity index (χ2v) is 12.0. The van der Waals surface area contributed by atoms with Crippen molar-refractivity contribution in [2.45, 2.75) is 64.6 Å². The zero-order valence-corrected chi connectivity index (χ0v) is 28.7. The molecule has 4 rings (SSSR count). The van der Waals surface area contributed by atoms with Gasteiger partial charge in [-0.1, -0.05) is 75.4 Å². The molecule has 1 atom stereocenters. The van der Waals surface area contributed by atoms with Crippen LogP contribution in [0.1, 0.15) is 78.7 Å². The number of carbonyl (C=O) groups excluding carboxylic acids is 2. The summed E-state index contributed by atoms with van der Waals surface area (Å²) in [4.78, 5) is 38.3. The van der Waals surface area contributed by atoms with Gasteiger partial charge in [0, 0.05) is 12.2 Å². The number of unbranched alkanes of at least 4 members (excludes halogenated alkanes) is 5. The van der Waals surface area contributed by atoms with Crippen molar-refractivity contribution in [3.05, 3.63) is 119 Å². The van der Waals surface area contributed by atoms with Gasteiger partial charge in [-0.2, -0.15) is 0 Å². The number of carboxylic acids is 1. The zero-order chi connectivity index (χ0) is 35.7. The number of esters is 1. The van der Waals surface area contributed by atoms with Gasteiger partial charge in [-0.25, -0.2) is 4.79 Å². The molecule has 0 spiro atoms. The number of ether oxygens (including phenoxy) is 3. The summed E-state index contributed by atoms with van der Waals surface area (Å²) in [6.07, 6.45) is 6.07. The fourth-order valence-electron chi connectivity index (χ4n) is 5.31. The second-order valence-electron chi connectivity index (χ2n) is 12.0. The molecule has 0 aliphatic carbocycles. The Bertz CT molecular complexity index is 1640. The number of benzene rings is 4. The third-order valence-electron chi connectivity index (χ3n) is 8.08. The van der Waals surface area contributed by atoms with Gasteiger partial charge in [0.15, 0.2) is 0 Å². The van der Waals surface area contributed by atoms with Crippen LogP contribution in [-0.2, 0) is 22.6 Å². The summed E-state index contributed by atoms with van der Waals surface area (Å²) in [5.41, 5.74) is 2.94. The molecular formula is C40H46N2O8. The molecule has 0 heterocycles. The summed E-state index contributed by atoms with van der Waals surface area (Å²) in [6.45, 7) is 2.54. The van der Waals surface area contributed by atoms with E-state index in [0.29, 0.717) is 46.2 Å². The van der Waals surface area contributed by atoms with Crippen LogP contribution < -0.4 is 19.5 Å². The summed E-state index contributed by atoms with van der Waals surface area (Å²) in [6, 6.07) is 27.3. The Labute approximate surface area is 293 Å². The number of hydrogen-bond acceptors (Lipinski definition) is 8. The number of amides is 1. The molecular weight excluding hydrogens is 636 g/mol. The number of aliphatic hydroxyl groups excluding tert-OH is 1. The van der Waals surface area contributed by atoms with E-state index in [-0.39, 0.29) is 18.9 Å². The quantitative estimate of drug-likeness (QED) is 0.0377. The van der Waals surface area contributed by atoms with E-state index in [4.69, 9.17) is 14.2 Å². The molecule has 0 aliphatic rings. The molecule has 0 radical (unpaired) electrons. The lowest BCUT2D eigenvalue weighted by atomic mass is 10.1. The molecule has 0 bridgehead atoms. The van der Waals surface area contributed by atoms with Crippen molar-refractivity contribution in [3.8, 4) is 17.2 Å². The van der Waals surface area contributed by atoms with E-state index in [0.717, 1.165) is 18.4 Å². The van der Waals surface area contributed by atoms with Gasteiger partial charge in [-0.15, -0.1) is 0 Å². The highest BCUT2D eigenvalue weighted by atomic mass is 16.5. The van der Waals surface area contributed by atoms with Crippen LogP contribution in [0.3, 0.4) is 0 Å². The van der Waals surface area contributed by atoms with Crippen molar-refractivity contribution in [2.75, 3.05) is 25.6 Å². The molecule has 0 aliphatic heterocycles. The van der Waals surface area contributed by atoms with Gasteiger partial charge in [0.25, 0.3) is 0 Å². The standard InChI is InChI=1S/C40H46N2O8/c1-3-4-5-6-7-8-25-49-35-23-15-32(16-24-35)40(47)50-36-21-11-30(12-22-36)27-42(28-38(44)45)39(46)31-13-17-33(18-14-31)41-37(43)26-29-9-19-34(48-2)20-10-29/h9-24,39,46H,3-8,25-28H2,1-2H3,(H,41,43)(H,44,45). The fourth-order valence-corrected chi connectivity index (χ4v) is 5.31. The topological polar surface area (TPSA) is 135 Å². The minimum Gasteiger partial charge on any atom is -0.497 e. The van der Waals surface area contributed by atoms with Gasteiger partial charge in [-0.05, 0) is 83.8 Å². The Kier molecular flexibility index (Phi) is 14.8. The number of methoxy groups -OCH3 is 1. The van der Waals surface area contributed by atoms with Crippen molar-refractivity contribution in [2.24, 2.45) is 0 Å². The van der Waals surface area contributed by atoms with Crippen LogP contribution in [0.4, 0.5) is 5.69 Å². The molecule has 4 aromatic carbocycles. The van der Waals surface area contributed by atoms with E-state index in [9.17, 15) is 24.6 Å². The average Bonchev–Trinajstić information content (AvgIpc) is 3.12. The van der Waals surface area contributed by atoms with Crippen LogP contribution >= 0.6 is 0 Å². The Morgan fingerprint density at radius 2 is 1.34 bits per heavy atom. The molecule has 1 amide bonds. The summed E-state index contributed by atoms with van der Waals surface area (Å²) < 4.78 is 16.5. The maximum atomic E-state index is 12.7. The van der Waals surface area contributed by atoms with Gasteiger partial charge in [-0.3, -0.25) is 14.5 Å². The van der Waals surface area contributed by atoms with E-state index < -0.39 is 24.7 Å². The predicted octanol–water partition coefficient (Wildman–Crippen LogP) is 7.41. The highest BCUT2D eigenvalue weighted by molar-refractivity contribution is 5.92. The molecule has 50 heavy (non-hydrogen) atoms. The van der Waals surface area contributed by atoms with E-state index in [1.807, 2.05) is 12.1 Å². The van der Waals surface area contributed by atoms with Crippen LogP contribution in [-0.4, -0.2) is 53.2 Å². The van der Waals surface area contributed by atoms with E-state index in [1.165, 1.54) is 30.6 Å². The van der Waals surface area contributed by atoms with Gasteiger partial charge in [0.2, 0.25) is 5.91 Å². The third-order valence-corrected chi connectivity index (χ3v) is 8.08. The summed E-state index contributed by atoms with van der Waals surface area (Å²) in [5.74, 6) is -0.0700. The number of nitrogens with zero attached hydrogens (tertiary/aromatic N) is 1. The number of aliphatic hydroxyl groups is 1. The number of carboxylic acid groups (broad SMARTS) is 1. The van der Waals surface area contributed by atoms with E-state index in [2.05, 4.69) is 12.2 Å². The number of rotatable bonds is 20. The first-order valence-corrected chi connectivity index (χ1v) is 16.9. The van der Waals surface area contributed by atoms with Gasteiger partial charge in [0.1, 0.15) is 23.5 Å². The van der Waals surface area contributed by atoms with Crippen molar-refractivity contribution in [3.63, 3.8) is 0 Å². The second kappa shape index (κ2) is 19.7. The highest BCUT2D eigenvalue weighted by Gasteiger charge is 2.21. The van der Waals surface area contributed by atoms with Crippen LogP contribution in [0.2, 0.25) is 0 Å². The normalized spacial score (nSPS) is 11.5. The number of nitrogens with one attached hydrogen (secondary N) is 1. The van der Waals surface area contributed by atoms with Crippen LogP contribution in [0, 0.1) is 0 Å². The number of hydrogen-bond donors (Lipinski definition) is 3. The predicted molar refractivity (Wildman–Crippen MR) is 191 cm³/mol. The Morgan fingerprint density at radius 3 is 1.98 bits per heavy atom. The number of carbonyl (C=O) groups is 3. The number of aliphatic carboxylic acids is 1. The molecule has 3 N–H and O–H groups in total. The van der Waals surface area contributed by atoms with E-state index in [1.54, 1.807) is 92.0 Å². The molecule has 0 fully saturated rings. The first-order chi connectivity index (χ1) is 24.2. The first kappa shape index (κ1) is 37.6. The minimum absolute atomic E-state index is 0.113. The monoisotopic (exact) mass is 682 g/mol. The molecule has 10 nitrogen and oxygen atoms in total. The van der Waals surface area contributed by atoms with Crippen molar-refractivity contribution in [1.29, 1.82) is 0 Å². The van der Waals surface area contributed by atoms with Gasteiger partial charge < -0.3 is 29.7 Å². The number of anilines is 1. The Morgan fingerprint density at radius 1 is 0.740 bits per heavy atom. The summed E-state index contributed by atoms with van der Waals surface area (Å²) >= 11 is 0. The lowest BCUT2D eigenvalue weighted by Crippen LogP contribution is -2.33. The zero-order valence-electron chi connectivity index (χ0n) is 28.7. The SMILES string of the molecule is CCCCCCCCOc1ccc(C(=O)Oc2ccc(CN(CC(=O)O)C(O)c3ccc(NC(=O)Cc4ccc(OC)cc4)cc3)cc2)cc1. The third kappa shape index (κ3) is 12.4. The Balaban J connectivity index is 1.27. The van der Waals surface area contributed by atoms with Gasteiger partial charge in [0.05, 0.1) is 32.2 Å². The van der Waals surface area contributed by atoms with Crippen LogP contribution in [0.15, 0.2) is 97.1 Å². The smallest absolute Gasteiger partial charge is 0.343 e. The van der Waals surface area contributed by atoms with Crippen molar-refractivity contribution >= 4 is 23.5 Å². The molecule has 10 heteroatoms. The molecule has 0 saturated carbocycles. The molecule has 0 saturated heterocycles. The first-order valence-electron chi connectivity index (χ1n) is 16.9. The maximum Gasteiger partial charge on any atom is 0.343 e. The van der Waals surface area contributed by atoms with Crippen LogP contribution in [0.25, 0.3) is 0 Å². The minimum atomic E-state index is -1.23. The summed E-state index contributed by atoms with van der Waals surface area (Å²) in [7, 11) is 1.58. The lowest BCUT2D eigenvalue weighted by molar-refractivity contribution is -0.142. The molecule has 4 aromatic rings. The van der Waals surface area contributed by atoms with Crippen molar-refractivity contribution in [1.82, 2.24) is 4.90 Å². The largest absolute Gasteiger partial charge is 0.497 e. The molecule has 0 aromatic heterocycles. The highest BCUT2D eigenvalue weighted by Crippen LogP contribution is 2.24. The fraction of sp³-hybridized carbons (Fsp3) is 0.325. The van der Waals surface area contributed by atoms with Crippen LogP contribution in [0.5, 0.6) is 17.2 Å². The molecule has 1 unspecified atom stereocenters. The maximum absolute atomic E-state index is 12.7.